The van der Waals surface area contributed by atoms with E-state index in [0.29, 0.717) is 31.7 Å². The Morgan fingerprint density at radius 2 is 1.94 bits per heavy atom. The third-order valence-electron chi connectivity index (χ3n) is 5.26. The van der Waals surface area contributed by atoms with Gasteiger partial charge in [0.25, 0.3) is 0 Å². The van der Waals surface area contributed by atoms with Crippen LogP contribution in [0.1, 0.15) is 24.0 Å². The summed E-state index contributed by atoms with van der Waals surface area (Å²) in [6.07, 6.45) is -0.174. The van der Waals surface area contributed by atoms with Gasteiger partial charge in [-0.15, -0.1) is 0 Å². The minimum atomic E-state index is -4.50. The monoisotopic (exact) mass is 429 g/mol. The fraction of sp³-hybridized carbons (Fsp3) is 0.318. The number of nitrogens with zero attached hydrogens (tertiary/aromatic N) is 4. The molecule has 1 unspecified atom stereocenters. The number of carbonyl (C=O) groups excluding carboxylic acids is 1. The molecule has 1 aliphatic heterocycles. The first kappa shape index (κ1) is 20.9. The highest BCUT2D eigenvalue weighted by atomic mass is 19.4. The van der Waals surface area contributed by atoms with Crippen molar-refractivity contribution in [3.05, 3.63) is 72.1 Å². The Labute approximate surface area is 177 Å². The van der Waals surface area contributed by atoms with Gasteiger partial charge in [-0.2, -0.15) is 18.3 Å². The van der Waals surface area contributed by atoms with Crippen LogP contribution in [0, 0.1) is 5.92 Å². The Kier molecular flexibility index (Phi) is 5.92. The quantitative estimate of drug-likeness (QED) is 0.660. The van der Waals surface area contributed by atoms with E-state index in [4.69, 9.17) is 0 Å². The Hall–Kier alpha value is -3.36. The van der Waals surface area contributed by atoms with Gasteiger partial charge in [-0.3, -0.25) is 9.48 Å². The van der Waals surface area contributed by atoms with Gasteiger partial charge >= 0.3 is 6.18 Å². The molecule has 0 saturated carbocycles. The van der Waals surface area contributed by atoms with Crippen molar-refractivity contribution in [3.63, 3.8) is 0 Å². The molecule has 0 spiro atoms. The van der Waals surface area contributed by atoms with E-state index < -0.39 is 17.7 Å². The lowest BCUT2D eigenvalue weighted by Gasteiger charge is -2.34. The summed E-state index contributed by atoms with van der Waals surface area (Å²) in [5, 5.41) is 7.17. The molecule has 0 aliphatic carbocycles. The van der Waals surface area contributed by atoms with E-state index in [-0.39, 0.29) is 18.3 Å². The number of aromatic nitrogens is 3. The lowest BCUT2D eigenvalue weighted by Crippen LogP contribution is -2.42. The predicted octanol–water partition coefficient (Wildman–Crippen LogP) is 4.20. The second-order valence-corrected chi connectivity index (χ2v) is 7.53. The van der Waals surface area contributed by atoms with Gasteiger partial charge in [0.1, 0.15) is 5.82 Å². The number of anilines is 2. The highest BCUT2D eigenvalue weighted by Gasteiger charge is 2.37. The van der Waals surface area contributed by atoms with E-state index in [9.17, 15) is 18.0 Å². The summed E-state index contributed by atoms with van der Waals surface area (Å²) in [7, 11) is 0. The number of carbonyl (C=O) groups is 1. The highest BCUT2D eigenvalue weighted by molar-refractivity contribution is 5.92. The van der Waals surface area contributed by atoms with Crippen LogP contribution >= 0.6 is 0 Å². The Morgan fingerprint density at radius 1 is 1.13 bits per heavy atom. The minimum Gasteiger partial charge on any atom is -0.355 e. The Bertz CT molecular complexity index is 1030. The molecule has 2 aromatic heterocycles. The van der Waals surface area contributed by atoms with Crippen molar-refractivity contribution >= 4 is 17.5 Å². The smallest absolute Gasteiger partial charge is 0.355 e. The van der Waals surface area contributed by atoms with Crippen LogP contribution in [0.5, 0.6) is 0 Å². The maximum absolute atomic E-state index is 13.3. The molecule has 1 N–H and O–H groups in total. The fourth-order valence-electron chi connectivity index (χ4n) is 3.77. The van der Waals surface area contributed by atoms with E-state index in [0.717, 1.165) is 11.6 Å². The van der Waals surface area contributed by atoms with Crippen molar-refractivity contribution in [3.8, 4) is 0 Å². The van der Waals surface area contributed by atoms with E-state index in [2.05, 4.69) is 15.4 Å². The maximum Gasteiger partial charge on any atom is 0.419 e. The zero-order chi connectivity index (χ0) is 21.8. The molecule has 1 fully saturated rings. The van der Waals surface area contributed by atoms with Crippen LogP contribution in [-0.4, -0.2) is 33.8 Å². The summed E-state index contributed by atoms with van der Waals surface area (Å²) in [6.45, 7) is 1.18. The number of hydrogen-bond donors (Lipinski definition) is 1. The number of pyridine rings is 1. The molecule has 3 heterocycles. The fourth-order valence-corrected chi connectivity index (χ4v) is 3.77. The number of hydrogen-bond acceptors (Lipinski definition) is 4. The summed E-state index contributed by atoms with van der Waals surface area (Å²) in [4.78, 5) is 18.3. The SMILES string of the molecule is O=C(Nc1ccn(Cc2ccccc2)n1)C1CCCN(c2ncccc2C(F)(F)F)C1. The summed E-state index contributed by atoms with van der Waals surface area (Å²) >= 11 is 0. The van der Waals surface area contributed by atoms with Crippen LogP contribution in [0.25, 0.3) is 0 Å². The third kappa shape index (κ3) is 5.04. The van der Waals surface area contributed by atoms with Crippen LogP contribution in [0.2, 0.25) is 0 Å². The van der Waals surface area contributed by atoms with E-state index in [1.165, 1.54) is 12.3 Å². The zero-order valence-electron chi connectivity index (χ0n) is 16.7. The van der Waals surface area contributed by atoms with Gasteiger partial charge in [-0.1, -0.05) is 30.3 Å². The zero-order valence-corrected chi connectivity index (χ0v) is 16.7. The standard InChI is InChI=1S/C22H22F3N5O/c23-22(24,25)18-9-4-11-26-20(18)29-12-5-8-17(15-29)21(31)27-19-10-13-30(28-19)14-16-6-2-1-3-7-16/h1-4,6-7,9-11,13,17H,5,8,12,14-15H2,(H,27,28,31). The van der Waals surface area contributed by atoms with Crippen molar-refractivity contribution in [2.45, 2.75) is 25.6 Å². The van der Waals surface area contributed by atoms with Crippen LogP contribution in [0.4, 0.5) is 24.8 Å². The number of benzene rings is 1. The average molecular weight is 429 g/mol. The number of amides is 1. The predicted molar refractivity (Wildman–Crippen MR) is 111 cm³/mol. The van der Waals surface area contributed by atoms with Crippen LogP contribution < -0.4 is 10.2 Å². The number of halogens is 3. The van der Waals surface area contributed by atoms with Gasteiger partial charge in [0, 0.05) is 31.5 Å². The molecule has 162 valence electrons. The molecule has 31 heavy (non-hydrogen) atoms. The molecule has 1 aliphatic rings. The molecule has 9 heteroatoms. The molecule has 3 aromatic rings. The number of nitrogens with one attached hydrogen (secondary N) is 1. The van der Waals surface area contributed by atoms with Crippen LogP contribution in [0.3, 0.4) is 0 Å². The first-order chi connectivity index (χ1) is 14.9. The molecule has 1 amide bonds. The number of piperidine rings is 1. The molecule has 1 atom stereocenters. The average Bonchev–Trinajstić information content (AvgIpc) is 3.20. The summed E-state index contributed by atoms with van der Waals surface area (Å²) in [5.74, 6) is -0.401. The molecule has 0 radical (unpaired) electrons. The molecule has 1 saturated heterocycles. The summed E-state index contributed by atoms with van der Waals surface area (Å²) in [6, 6.07) is 13.8. The topological polar surface area (TPSA) is 63.1 Å². The largest absolute Gasteiger partial charge is 0.419 e. The number of rotatable bonds is 5. The van der Waals surface area contributed by atoms with Crippen molar-refractivity contribution in [2.75, 3.05) is 23.3 Å². The van der Waals surface area contributed by atoms with Crippen molar-refractivity contribution in [1.29, 1.82) is 0 Å². The Morgan fingerprint density at radius 3 is 2.71 bits per heavy atom. The first-order valence-corrected chi connectivity index (χ1v) is 10.1. The van der Waals surface area contributed by atoms with Gasteiger partial charge in [0.2, 0.25) is 5.91 Å². The molecular formula is C22H22F3N5O. The van der Waals surface area contributed by atoms with Crippen molar-refractivity contribution in [1.82, 2.24) is 14.8 Å². The number of alkyl halides is 3. The van der Waals surface area contributed by atoms with Crippen LogP contribution in [-0.2, 0) is 17.5 Å². The normalized spacial score (nSPS) is 16.9. The minimum absolute atomic E-state index is 0.125. The van der Waals surface area contributed by atoms with Crippen molar-refractivity contribution in [2.24, 2.45) is 5.92 Å². The Balaban J connectivity index is 1.41. The lowest BCUT2D eigenvalue weighted by atomic mass is 9.96. The van der Waals surface area contributed by atoms with Gasteiger partial charge in [-0.25, -0.2) is 4.98 Å². The summed E-state index contributed by atoms with van der Waals surface area (Å²) in [5.41, 5.74) is 0.304. The lowest BCUT2D eigenvalue weighted by molar-refractivity contribution is -0.137. The first-order valence-electron chi connectivity index (χ1n) is 10.1. The van der Waals surface area contributed by atoms with E-state index >= 15 is 0 Å². The second-order valence-electron chi connectivity index (χ2n) is 7.53. The second kappa shape index (κ2) is 8.79. The van der Waals surface area contributed by atoms with Gasteiger partial charge in [0.15, 0.2) is 5.82 Å². The van der Waals surface area contributed by atoms with Gasteiger partial charge in [-0.05, 0) is 30.5 Å². The molecule has 6 nitrogen and oxygen atoms in total. The molecule has 1 aromatic carbocycles. The third-order valence-corrected chi connectivity index (χ3v) is 5.26. The van der Waals surface area contributed by atoms with Crippen LogP contribution in [0.15, 0.2) is 60.9 Å². The maximum atomic E-state index is 13.3. The van der Waals surface area contributed by atoms with Crippen molar-refractivity contribution < 1.29 is 18.0 Å². The molecule has 4 rings (SSSR count). The van der Waals surface area contributed by atoms with Gasteiger partial charge < -0.3 is 10.2 Å². The highest BCUT2D eigenvalue weighted by Crippen LogP contribution is 2.36. The molecule has 0 bridgehead atoms. The van der Waals surface area contributed by atoms with E-state index in [1.54, 1.807) is 21.8 Å². The molecular weight excluding hydrogens is 407 g/mol. The van der Waals surface area contributed by atoms with E-state index in [1.807, 2.05) is 30.3 Å². The van der Waals surface area contributed by atoms with Gasteiger partial charge in [0.05, 0.1) is 18.0 Å². The summed E-state index contributed by atoms with van der Waals surface area (Å²) < 4.78 is 41.8.